The van der Waals surface area contributed by atoms with Crippen LogP contribution in [0.5, 0.6) is 0 Å². The minimum absolute atomic E-state index is 0.115. The van der Waals surface area contributed by atoms with Gasteiger partial charge in [0.1, 0.15) is 0 Å². The molecule has 0 aliphatic carbocycles. The monoisotopic (exact) mass is 266 g/mol. The van der Waals surface area contributed by atoms with E-state index in [1.807, 2.05) is 38.1 Å². The average molecular weight is 266 g/mol. The van der Waals surface area contributed by atoms with Crippen LogP contribution in [0.15, 0.2) is 29.2 Å². The van der Waals surface area contributed by atoms with Gasteiger partial charge in [-0.2, -0.15) is 0 Å². The maximum atomic E-state index is 12.0. The Bertz CT molecular complexity index is 412. The van der Waals surface area contributed by atoms with Crippen molar-refractivity contribution in [2.75, 3.05) is 0 Å². The molecule has 0 aliphatic heterocycles. The van der Waals surface area contributed by atoms with E-state index in [9.17, 15) is 9.59 Å². The number of esters is 1. The summed E-state index contributed by atoms with van der Waals surface area (Å²) in [4.78, 5) is 23.8. The molecule has 0 aliphatic rings. The molecule has 1 aromatic rings. The van der Waals surface area contributed by atoms with Crippen molar-refractivity contribution in [3.05, 3.63) is 29.8 Å². The first-order valence-electron chi connectivity index (χ1n) is 5.98. The summed E-state index contributed by atoms with van der Waals surface area (Å²) >= 11 is 1.13. The normalized spacial score (nSPS) is 11.9. The molecule has 1 atom stereocenters. The van der Waals surface area contributed by atoms with E-state index in [1.165, 1.54) is 6.92 Å². The number of hydrogen-bond acceptors (Lipinski definition) is 4. The van der Waals surface area contributed by atoms with Crippen molar-refractivity contribution in [3.8, 4) is 0 Å². The van der Waals surface area contributed by atoms with Crippen LogP contribution in [0.2, 0.25) is 0 Å². The predicted octanol–water partition coefficient (Wildman–Crippen LogP) is 3.35. The molecular weight excluding hydrogens is 248 g/mol. The number of carbonyl (C=O) groups excluding carboxylic acids is 2. The lowest BCUT2D eigenvalue weighted by atomic mass is 10.2. The zero-order chi connectivity index (χ0) is 13.5. The van der Waals surface area contributed by atoms with Crippen LogP contribution in [-0.2, 0) is 14.3 Å². The van der Waals surface area contributed by atoms with Crippen molar-refractivity contribution in [1.82, 2.24) is 0 Å². The van der Waals surface area contributed by atoms with Gasteiger partial charge in [0.15, 0.2) is 6.10 Å². The van der Waals surface area contributed by atoms with Gasteiger partial charge in [0.25, 0.3) is 0 Å². The molecule has 18 heavy (non-hydrogen) atoms. The second-order valence-corrected chi connectivity index (χ2v) is 5.20. The van der Waals surface area contributed by atoms with E-state index < -0.39 is 12.1 Å². The lowest BCUT2D eigenvalue weighted by Gasteiger charge is -2.14. The van der Waals surface area contributed by atoms with Crippen molar-refractivity contribution >= 4 is 22.8 Å². The highest BCUT2D eigenvalue weighted by molar-refractivity contribution is 8.13. The van der Waals surface area contributed by atoms with Crippen LogP contribution in [0.25, 0.3) is 0 Å². The van der Waals surface area contributed by atoms with Crippen LogP contribution in [0, 0.1) is 6.92 Å². The van der Waals surface area contributed by atoms with E-state index in [2.05, 4.69) is 0 Å². The van der Waals surface area contributed by atoms with E-state index in [0.717, 1.165) is 28.6 Å². The Morgan fingerprint density at radius 1 is 1.28 bits per heavy atom. The molecule has 1 rings (SSSR count). The third-order valence-electron chi connectivity index (χ3n) is 2.36. The fourth-order valence-electron chi connectivity index (χ4n) is 1.48. The average Bonchev–Trinajstić information content (AvgIpc) is 2.31. The number of hydrogen-bond donors (Lipinski definition) is 0. The van der Waals surface area contributed by atoms with Crippen LogP contribution < -0.4 is 0 Å². The van der Waals surface area contributed by atoms with E-state index in [-0.39, 0.29) is 5.12 Å². The predicted molar refractivity (Wildman–Crippen MR) is 72.5 cm³/mol. The van der Waals surface area contributed by atoms with Crippen LogP contribution in [0.4, 0.5) is 0 Å². The van der Waals surface area contributed by atoms with Crippen molar-refractivity contribution in [2.45, 2.75) is 44.6 Å². The Kier molecular flexibility index (Phi) is 5.92. The van der Waals surface area contributed by atoms with Gasteiger partial charge in [0, 0.05) is 11.8 Å². The number of ether oxygens (including phenoxy) is 1. The van der Waals surface area contributed by atoms with Gasteiger partial charge in [-0.15, -0.1) is 0 Å². The number of carbonyl (C=O) groups is 2. The molecule has 0 bridgehead atoms. The molecule has 4 heteroatoms. The Morgan fingerprint density at radius 3 is 2.39 bits per heavy atom. The molecular formula is C14H18O3S. The second-order valence-electron chi connectivity index (χ2n) is 4.12. The zero-order valence-electron chi connectivity index (χ0n) is 10.9. The first-order valence-corrected chi connectivity index (χ1v) is 6.80. The number of aryl methyl sites for hydroxylation is 1. The minimum Gasteiger partial charge on any atom is -0.454 e. The summed E-state index contributed by atoms with van der Waals surface area (Å²) in [5.41, 5.74) is 1.15. The van der Waals surface area contributed by atoms with Crippen molar-refractivity contribution in [2.24, 2.45) is 0 Å². The van der Waals surface area contributed by atoms with Crippen molar-refractivity contribution in [1.29, 1.82) is 0 Å². The largest absolute Gasteiger partial charge is 0.454 e. The Morgan fingerprint density at radius 2 is 1.89 bits per heavy atom. The quantitative estimate of drug-likeness (QED) is 0.605. The molecule has 98 valence electrons. The van der Waals surface area contributed by atoms with Gasteiger partial charge < -0.3 is 4.74 Å². The summed E-state index contributed by atoms with van der Waals surface area (Å²) in [6, 6.07) is 7.70. The molecule has 0 saturated carbocycles. The lowest BCUT2D eigenvalue weighted by Crippen LogP contribution is -2.23. The number of thioether (sulfide) groups is 1. The first kappa shape index (κ1) is 14.8. The highest BCUT2D eigenvalue weighted by atomic mass is 32.2. The third kappa shape index (κ3) is 4.92. The highest BCUT2D eigenvalue weighted by Gasteiger charge is 2.21. The Balaban J connectivity index is 2.65. The zero-order valence-corrected chi connectivity index (χ0v) is 11.8. The van der Waals surface area contributed by atoms with Crippen LogP contribution in [0.1, 0.15) is 32.3 Å². The van der Waals surface area contributed by atoms with Crippen molar-refractivity contribution < 1.29 is 14.3 Å². The molecule has 0 radical (unpaired) electrons. The van der Waals surface area contributed by atoms with E-state index >= 15 is 0 Å². The molecule has 0 saturated heterocycles. The van der Waals surface area contributed by atoms with Gasteiger partial charge in [0.05, 0.1) is 0 Å². The van der Waals surface area contributed by atoms with Gasteiger partial charge in [-0.3, -0.25) is 9.59 Å². The van der Waals surface area contributed by atoms with E-state index in [4.69, 9.17) is 4.74 Å². The van der Waals surface area contributed by atoms with Gasteiger partial charge in [-0.05, 0) is 37.2 Å². The molecule has 3 nitrogen and oxygen atoms in total. The fraction of sp³-hybridized carbons (Fsp3) is 0.429. The summed E-state index contributed by atoms with van der Waals surface area (Å²) < 4.78 is 5.04. The second kappa shape index (κ2) is 7.21. The SMILES string of the molecule is CCCC(OC(C)=O)C(=O)Sc1ccc(C)cc1. The molecule has 1 unspecified atom stereocenters. The third-order valence-corrected chi connectivity index (χ3v) is 3.33. The summed E-state index contributed by atoms with van der Waals surface area (Å²) in [5.74, 6) is -0.411. The molecule has 0 heterocycles. The summed E-state index contributed by atoms with van der Waals surface area (Å²) in [7, 11) is 0. The van der Waals surface area contributed by atoms with Crippen LogP contribution >= 0.6 is 11.8 Å². The smallest absolute Gasteiger partial charge is 0.303 e. The lowest BCUT2D eigenvalue weighted by molar-refractivity contribution is -0.150. The highest BCUT2D eigenvalue weighted by Crippen LogP contribution is 2.23. The fourth-order valence-corrected chi connectivity index (χ4v) is 2.28. The summed E-state index contributed by atoms with van der Waals surface area (Å²) in [6.07, 6.45) is 0.730. The number of rotatable bonds is 5. The van der Waals surface area contributed by atoms with Gasteiger partial charge >= 0.3 is 5.97 Å². The molecule has 0 spiro atoms. The summed E-state index contributed by atoms with van der Waals surface area (Å²) in [5, 5.41) is -0.115. The first-order chi connectivity index (χ1) is 8.52. The van der Waals surface area contributed by atoms with E-state index in [1.54, 1.807) is 0 Å². The standard InChI is InChI=1S/C14H18O3S/c1-4-5-13(17-11(3)15)14(16)18-12-8-6-10(2)7-9-12/h6-9,13H,4-5H2,1-3H3. The molecule has 0 N–H and O–H groups in total. The summed E-state index contributed by atoms with van der Waals surface area (Å²) in [6.45, 7) is 5.28. The Labute approximate surface area is 112 Å². The molecule has 1 aromatic carbocycles. The van der Waals surface area contributed by atoms with Gasteiger partial charge in [0.2, 0.25) is 5.12 Å². The van der Waals surface area contributed by atoms with Crippen molar-refractivity contribution in [3.63, 3.8) is 0 Å². The minimum atomic E-state index is -0.640. The van der Waals surface area contributed by atoms with Gasteiger partial charge in [-0.1, -0.05) is 31.0 Å². The molecule has 0 amide bonds. The number of benzene rings is 1. The topological polar surface area (TPSA) is 43.4 Å². The molecule has 0 fully saturated rings. The Hall–Kier alpha value is -1.29. The maximum absolute atomic E-state index is 12.0. The van der Waals surface area contributed by atoms with Crippen LogP contribution in [0.3, 0.4) is 0 Å². The van der Waals surface area contributed by atoms with Crippen LogP contribution in [-0.4, -0.2) is 17.2 Å². The molecule has 0 aromatic heterocycles. The van der Waals surface area contributed by atoms with Gasteiger partial charge in [-0.25, -0.2) is 0 Å². The maximum Gasteiger partial charge on any atom is 0.303 e. The van der Waals surface area contributed by atoms with E-state index in [0.29, 0.717) is 6.42 Å².